The molecule has 17 heavy (non-hydrogen) atoms. The highest BCUT2D eigenvalue weighted by molar-refractivity contribution is 8.01. The van der Waals surface area contributed by atoms with Crippen molar-refractivity contribution in [1.29, 1.82) is 0 Å². The Morgan fingerprint density at radius 3 is 2.65 bits per heavy atom. The lowest BCUT2D eigenvalue weighted by molar-refractivity contribution is -0.139. The molecular formula is C11H20N2O3S. The van der Waals surface area contributed by atoms with E-state index >= 15 is 0 Å². The molecule has 1 unspecified atom stereocenters. The molecule has 1 N–H and O–H groups in total. The molecule has 0 saturated carbocycles. The molecule has 1 aliphatic heterocycles. The van der Waals surface area contributed by atoms with E-state index in [9.17, 15) is 9.59 Å². The molecule has 1 atom stereocenters. The number of esters is 1. The van der Waals surface area contributed by atoms with Gasteiger partial charge in [-0.05, 0) is 13.8 Å². The Kier molecular flexibility index (Phi) is 6.36. The fourth-order valence-electron chi connectivity index (χ4n) is 1.61. The first-order valence-electron chi connectivity index (χ1n) is 5.92. The molecule has 0 bridgehead atoms. The van der Waals surface area contributed by atoms with Crippen molar-refractivity contribution in [2.24, 2.45) is 0 Å². The maximum Gasteiger partial charge on any atom is 0.315 e. The minimum absolute atomic E-state index is 0.112. The summed E-state index contributed by atoms with van der Waals surface area (Å²) in [6, 6.07) is 0. The molecule has 1 saturated heterocycles. The molecule has 0 aromatic rings. The van der Waals surface area contributed by atoms with Gasteiger partial charge in [-0.25, -0.2) is 0 Å². The predicted molar refractivity (Wildman–Crippen MR) is 68.0 cm³/mol. The number of nitrogens with one attached hydrogen (secondary N) is 1. The minimum atomic E-state index is -0.252. The van der Waals surface area contributed by atoms with Gasteiger partial charge in [-0.1, -0.05) is 0 Å². The van der Waals surface area contributed by atoms with E-state index in [0.717, 1.165) is 26.2 Å². The summed E-state index contributed by atoms with van der Waals surface area (Å²) >= 11 is 1.34. The van der Waals surface area contributed by atoms with E-state index in [0.29, 0.717) is 6.61 Å². The standard InChI is InChI=1S/C11H20N2O3S/c1-3-16-10(14)8-17-9(2)11(15)13-6-4-12-5-7-13/h9,12H,3-8H2,1-2H3. The fourth-order valence-corrected chi connectivity index (χ4v) is 2.37. The molecule has 1 amide bonds. The van der Waals surface area contributed by atoms with Crippen LogP contribution < -0.4 is 5.32 Å². The van der Waals surface area contributed by atoms with Gasteiger partial charge in [-0.3, -0.25) is 9.59 Å². The second-order valence-corrected chi connectivity index (χ2v) is 5.16. The minimum Gasteiger partial charge on any atom is -0.465 e. The average Bonchev–Trinajstić information content (AvgIpc) is 2.36. The Bertz CT molecular complexity index is 267. The second-order valence-electron chi connectivity index (χ2n) is 3.83. The second kappa shape index (κ2) is 7.55. The van der Waals surface area contributed by atoms with Crippen LogP contribution in [-0.2, 0) is 14.3 Å². The third-order valence-corrected chi connectivity index (χ3v) is 3.64. The highest BCUT2D eigenvalue weighted by Gasteiger charge is 2.22. The van der Waals surface area contributed by atoms with Crippen LogP contribution in [-0.4, -0.2) is 60.6 Å². The van der Waals surface area contributed by atoms with Gasteiger partial charge >= 0.3 is 5.97 Å². The van der Waals surface area contributed by atoms with E-state index in [4.69, 9.17) is 4.74 Å². The summed E-state index contributed by atoms with van der Waals surface area (Å²) in [6.07, 6.45) is 0. The molecule has 1 aliphatic rings. The highest BCUT2D eigenvalue weighted by Crippen LogP contribution is 2.14. The molecule has 5 nitrogen and oxygen atoms in total. The molecular weight excluding hydrogens is 240 g/mol. The molecule has 0 aromatic heterocycles. The van der Waals surface area contributed by atoms with Crippen LogP contribution >= 0.6 is 11.8 Å². The van der Waals surface area contributed by atoms with Crippen LogP contribution in [0.4, 0.5) is 0 Å². The van der Waals surface area contributed by atoms with Gasteiger partial charge in [-0.15, -0.1) is 11.8 Å². The Labute approximate surface area is 106 Å². The summed E-state index contributed by atoms with van der Waals surface area (Å²) in [6.45, 7) is 7.21. The predicted octanol–water partition coefficient (Wildman–Crippen LogP) is 0.103. The Morgan fingerprint density at radius 1 is 1.41 bits per heavy atom. The van der Waals surface area contributed by atoms with Gasteiger partial charge < -0.3 is 15.0 Å². The van der Waals surface area contributed by atoms with Crippen molar-refractivity contribution in [3.05, 3.63) is 0 Å². The third-order valence-electron chi connectivity index (χ3n) is 2.53. The van der Waals surface area contributed by atoms with E-state index in [1.807, 2.05) is 11.8 Å². The molecule has 0 spiro atoms. The van der Waals surface area contributed by atoms with Gasteiger partial charge in [0.1, 0.15) is 0 Å². The largest absolute Gasteiger partial charge is 0.465 e. The van der Waals surface area contributed by atoms with Crippen molar-refractivity contribution in [1.82, 2.24) is 10.2 Å². The van der Waals surface area contributed by atoms with Gasteiger partial charge in [0.05, 0.1) is 17.6 Å². The molecule has 0 aromatic carbocycles. The number of carbonyl (C=O) groups excluding carboxylic acids is 2. The number of thioether (sulfide) groups is 1. The van der Waals surface area contributed by atoms with E-state index in [1.165, 1.54) is 11.8 Å². The molecule has 0 radical (unpaired) electrons. The number of amides is 1. The highest BCUT2D eigenvalue weighted by atomic mass is 32.2. The fraction of sp³-hybridized carbons (Fsp3) is 0.818. The third kappa shape index (κ3) is 4.95. The van der Waals surface area contributed by atoms with Crippen LogP contribution in [0.15, 0.2) is 0 Å². The van der Waals surface area contributed by atoms with Gasteiger partial charge in [0.2, 0.25) is 5.91 Å². The van der Waals surface area contributed by atoms with Crippen LogP contribution in [0, 0.1) is 0 Å². The molecule has 98 valence electrons. The van der Waals surface area contributed by atoms with Gasteiger partial charge in [0, 0.05) is 26.2 Å². The zero-order valence-corrected chi connectivity index (χ0v) is 11.2. The first-order valence-corrected chi connectivity index (χ1v) is 6.96. The maximum absolute atomic E-state index is 12.0. The van der Waals surface area contributed by atoms with Crippen LogP contribution in [0.3, 0.4) is 0 Å². The quantitative estimate of drug-likeness (QED) is 0.711. The summed E-state index contributed by atoms with van der Waals surface area (Å²) in [5.74, 6) is 0.102. The summed E-state index contributed by atoms with van der Waals surface area (Å²) in [4.78, 5) is 25.0. The Balaban J connectivity index is 2.28. The number of ether oxygens (including phenoxy) is 1. The van der Waals surface area contributed by atoms with E-state index in [1.54, 1.807) is 6.92 Å². The normalized spacial score (nSPS) is 17.6. The van der Waals surface area contributed by atoms with Crippen LogP contribution in [0.1, 0.15) is 13.8 Å². The molecule has 1 heterocycles. The number of nitrogens with zero attached hydrogens (tertiary/aromatic N) is 1. The van der Waals surface area contributed by atoms with E-state index in [2.05, 4.69) is 5.32 Å². The molecule has 1 rings (SSSR count). The van der Waals surface area contributed by atoms with Gasteiger partial charge in [0.25, 0.3) is 0 Å². The van der Waals surface area contributed by atoms with Crippen LogP contribution in [0.5, 0.6) is 0 Å². The first kappa shape index (κ1) is 14.3. The summed E-state index contributed by atoms with van der Waals surface area (Å²) in [5.41, 5.74) is 0. The maximum atomic E-state index is 12.0. The lowest BCUT2D eigenvalue weighted by Gasteiger charge is -2.29. The molecule has 1 fully saturated rings. The molecule has 6 heteroatoms. The lowest BCUT2D eigenvalue weighted by Crippen LogP contribution is -2.48. The van der Waals surface area contributed by atoms with E-state index < -0.39 is 0 Å². The summed E-state index contributed by atoms with van der Waals surface area (Å²) in [5, 5.41) is 3.02. The SMILES string of the molecule is CCOC(=O)CSC(C)C(=O)N1CCNCC1. The lowest BCUT2D eigenvalue weighted by atomic mass is 10.3. The van der Waals surface area contributed by atoms with Gasteiger partial charge in [-0.2, -0.15) is 0 Å². The van der Waals surface area contributed by atoms with Crippen molar-refractivity contribution < 1.29 is 14.3 Å². The smallest absolute Gasteiger partial charge is 0.315 e. The van der Waals surface area contributed by atoms with Crippen molar-refractivity contribution >= 4 is 23.6 Å². The van der Waals surface area contributed by atoms with Crippen LogP contribution in [0.25, 0.3) is 0 Å². The Hall–Kier alpha value is -0.750. The average molecular weight is 260 g/mol. The zero-order chi connectivity index (χ0) is 12.7. The molecule has 0 aliphatic carbocycles. The first-order chi connectivity index (χ1) is 8.15. The topological polar surface area (TPSA) is 58.6 Å². The number of piperazine rings is 1. The van der Waals surface area contributed by atoms with Gasteiger partial charge in [0.15, 0.2) is 0 Å². The zero-order valence-electron chi connectivity index (χ0n) is 10.4. The number of carbonyl (C=O) groups is 2. The van der Waals surface area contributed by atoms with Crippen LogP contribution in [0.2, 0.25) is 0 Å². The Morgan fingerprint density at radius 2 is 2.06 bits per heavy atom. The number of hydrogen-bond donors (Lipinski definition) is 1. The van der Waals surface area contributed by atoms with E-state index in [-0.39, 0.29) is 22.9 Å². The van der Waals surface area contributed by atoms with Crippen molar-refractivity contribution in [2.75, 3.05) is 38.5 Å². The number of hydrogen-bond acceptors (Lipinski definition) is 5. The summed E-state index contributed by atoms with van der Waals surface area (Å²) < 4.78 is 4.82. The number of rotatable bonds is 5. The van der Waals surface area contributed by atoms with Crippen molar-refractivity contribution in [2.45, 2.75) is 19.1 Å². The van der Waals surface area contributed by atoms with Crippen molar-refractivity contribution in [3.63, 3.8) is 0 Å². The van der Waals surface area contributed by atoms with Crippen molar-refractivity contribution in [3.8, 4) is 0 Å². The monoisotopic (exact) mass is 260 g/mol. The summed E-state index contributed by atoms with van der Waals surface area (Å²) in [7, 11) is 0.